The maximum atomic E-state index is 4.00. The molecule has 0 aromatic rings. The molecule has 1 heteroatoms. The molecule has 0 amide bonds. The summed E-state index contributed by atoms with van der Waals surface area (Å²) in [6, 6.07) is 0. The second-order valence-corrected chi connectivity index (χ2v) is 7.88. The smallest absolute Gasteiger partial charge is 0.0172 e. The van der Waals surface area contributed by atoms with Crippen molar-refractivity contribution in [3.8, 4) is 0 Å². The number of hydrogen-bond acceptors (Lipinski definition) is 1. The van der Waals surface area contributed by atoms with Gasteiger partial charge in [-0.1, -0.05) is 123 Å². The predicted molar refractivity (Wildman–Crippen MR) is 116 cm³/mol. The average molecular weight is 352 g/mol. The van der Waals surface area contributed by atoms with E-state index >= 15 is 0 Å². The van der Waals surface area contributed by atoms with Crippen molar-refractivity contribution in [3.63, 3.8) is 0 Å². The number of nitrogens with zero attached hydrogens (tertiary/aromatic N) is 1. The van der Waals surface area contributed by atoms with Gasteiger partial charge in [0.05, 0.1) is 0 Å². The van der Waals surface area contributed by atoms with Crippen molar-refractivity contribution in [1.82, 2.24) is 4.90 Å². The standard InChI is InChI=1S/C24H49N/c1-4-7-9-11-13-15-17-19-21-23-25(6-3)24-22-20-18-16-14-12-10-8-5-2/h6H,3-5,7-24H2,1-2H3. The van der Waals surface area contributed by atoms with Gasteiger partial charge in [0, 0.05) is 13.1 Å². The fourth-order valence-corrected chi connectivity index (χ4v) is 3.55. The zero-order chi connectivity index (χ0) is 18.4. The van der Waals surface area contributed by atoms with E-state index in [1.54, 1.807) is 0 Å². The zero-order valence-electron chi connectivity index (χ0n) is 17.9. The minimum Gasteiger partial charge on any atom is -0.378 e. The Balaban J connectivity index is 3.30. The molecule has 0 aliphatic rings. The van der Waals surface area contributed by atoms with Gasteiger partial charge in [-0.3, -0.25) is 0 Å². The molecule has 150 valence electrons. The molecule has 25 heavy (non-hydrogen) atoms. The summed E-state index contributed by atoms with van der Waals surface area (Å²) in [5, 5.41) is 0. The van der Waals surface area contributed by atoms with E-state index in [1.165, 1.54) is 129 Å². The molecule has 0 rings (SSSR count). The van der Waals surface area contributed by atoms with Crippen molar-refractivity contribution in [3.05, 3.63) is 12.8 Å². The monoisotopic (exact) mass is 351 g/mol. The third-order valence-electron chi connectivity index (χ3n) is 5.36. The van der Waals surface area contributed by atoms with Crippen LogP contribution in [-0.2, 0) is 0 Å². The summed E-state index contributed by atoms with van der Waals surface area (Å²) in [6.07, 6.45) is 27.5. The van der Waals surface area contributed by atoms with Crippen LogP contribution in [0.2, 0.25) is 0 Å². The Labute approximate surface area is 160 Å². The average Bonchev–Trinajstić information content (AvgIpc) is 2.63. The topological polar surface area (TPSA) is 3.24 Å². The first-order valence-corrected chi connectivity index (χ1v) is 11.7. The number of rotatable bonds is 21. The Morgan fingerprint density at radius 3 is 1.04 bits per heavy atom. The van der Waals surface area contributed by atoms with Gasteiger partial charge in [0.2, 0.25) is 0 Å². The Morgan fingerprint density at radius 1 is 0.480 bits per heavy atom. The molecule has 0 saturated heterocycles. The molecular weight excluding hydrogens is 302 g/mol. The summed E-state index contributed by atoms with van der Waals surface area (Å²) >= 11 is 0. The first-order chi connectivity index (χ1) is 12.3. The lowest BCUT2D eigenvalue weighted by atomic mass is 10.1. The van der Waals surface area contributed by atoms with Crippen LogP contribution in [0.5, 0.6) is 0 Å². The van der Waals surface area contributed by atoms with Gasteiger partial charge in [0.1, 0.15) is 0 Å². The van der Waals surface area contributed by atoms with E-state index in [0.29, 0.717) is 0 Å². The van der Waals surface area contributed by atoms with Crippen molar-refractivity contribution in [2.24, 2.45) is 0 Å². The second kappa shape index (κ2) is 21.6. The highest BCUT2D eigenvalue weighted by Gasteiger charge is 1.99. The zero-order valence-corrected chi connectivity index (χ0v) is 17.9. The molecule has 0 atom stereocenters. The lowest BCUT2D eigenvalue weighted by Crippen LogP contribution is -2.19. The third-order valence-corrected chi connectivity index (χ3v) is 5.36. The normalized spacial score (nSPS) is 11.0. The van der Waals surface area contributed by atoms with Gasteiger partial charge in [0.25, 0.3) is 0 Å². The molecule has 0 bridgehead atoms. The van der Waals surface area contributed by atoms with Crippen LogP contribution in [0, 0.1) is 0 Å². The molecule has 0 aromatic heterocycles. The minimum absolute atomic E-state index is 1.22. The van der Waals surface area contributed by atoms with Crippen molar-refractivity contribution in [1.29, 1.82) is 0 Å². The number of hydrogen-bond donors (Lipinski definition) is 0. The Bertz CT molecular complexity index is 226. The SMILES string of the molecule is C=CN(CCCCCCCCCCC)CCCCCCCCCCC. The van der Waals surface area contributed by atoms with Crippen molar-refractivity contribution in [2.75, 3.05) is 13.1 Å². The van der Waals surface area contributed by atoms with Crippen LogP contribution in [0.3, 0.4) is 0 Å². The van der Waals surface area contributed by atoms with Crippen molar-refractivity contribution >= 4 is 0 Å². The molecule has 0 spiro atoms. The molecule has 0 fully saturated rings. The Hall–Kier alpha value is -0.460. The summed E-state index contributed by atoms with van der Waals surface area (Å²) in [4.78, 5) is 2.45. The van der Waals surface area contributed by atoms with E-state index in [1.807, 2.05) is 0 Å². The maximum Gasteiger partial charge on any atom is 0.0172 e. The van der Waals surface area contributed by atoms with Crippen LogP contribution in [0.1, 0.15) is 129 Å². The van der Waals surface area contributed by atoms with Gasteiger partial charge in [0.15, 0.2) is 0 Å². The Morgan fingerprint density at radius 2 is 0.760 bits per heavy atom. The van der Waals surface area contributed by atoms with Crippen molar-refractivity contribution in [2.45, 2.75) is 129 Å². The highest BCUT2D eigenvalue weighted by molar-refractivity contribution is 4.70. The summed E-state index contributed by atoms with van der Waals surface area (Å²) in [5.74, 6) is 0. The molecule has 0 N–H and O–H groups in total. The summed E-state index contributed by atoms with van der Waals surface area (Å²) in [6.45, 7) is 11.0. The van der Waals surface area contributed by atoms with Crippen LogP contribution >= 0.6 is 0 Å². The molecule has 0 radical (unpaired) electrons. The van der Waals surface area contributed by atoms with Gasteiger partial charge in [-0.05, 0) is 19.0 Å². The fourth-order valence-electron chi connectivity index (χ4n) is 3.55. The van der Waals surface area contributed by atoms with E-state index in [4.69, 9.17) is 0 Å². The van der Waals surface area contributed by atoms with Gasteiger partial charge >= 0.3 is 0 Å². The van der Waals surface area contributed by atoms with Crippen LogP contribution in [-0.4, -0.2) is 18.0 Å². The van der Waals surface area contributed by atoms with Crippen LogP contribution in [0.15, 0.2) is 12.8 Å². The van der Waals surface area contributed by atoms with Gasteiger partial charge in [-0.15, -0.1) is 0 Å². The molecule has 0 aliphatic carbocycles. The lowest BCUT2D eigenvalue weighted by Gasteiger charge is -2.19. The summed E-state index contributed by atoms with van der Waals surface area (Å²) in [5.41, 5.74) is 0. The molecule has 0 aromatic carbocycles. The maximum absolute atomic E-state index is 4.00. The van der Waals surface area contributed by atoms with E-state index in [9.17, 15) is 0 Å². The van der Waals surface area contributed by atoms with Crippen LogP contribution < -0.4 is 0 Å². The first kappa shape index (κ1) is 24.5. The fraction of sp³-hybridized carbons (Fsp3) is 0.917. The Kier molecular flexibility index (Phi) is 21.2. The van der Waals surface area contributed by atoms with Gasteiger partial charge in [-0.25, -0.2) is 0 Å². The highest BCUT2D eigenvalue weighted by atomic mass is 15.1. The summed E-state index contributed by atoms with van der Waals surface area (Å²) < 4.78 is 0. The molecule has 1 nitrogen and oxygen atoms in total. The molecule has 0 unspecified atom stereocenters. The van der Waals surface area contributed by atoms with E-state index in [0.717, 1.165) is 0 Å². The highest BCUT2D eigenvalue weighted by Crippen LogP contribution is 2.12. The minimum atomic E-state index is 1.22. The van der Waals surface area contributed by atoms with Gasteiger partial charge < -0.3 is 4.90 Å². The van der Waals surface area contributed by atoms with Gasteiger partial charge in [-0.2, -0.15) is 0 Å². The van der Waals surface area contributed by atoms with E-state index in [-0.39, 0.29) is 0 Å². The van der Waals surface area contributed by atoms with E-state index in [2.05, 4.69) is 31.5 Å². The molecule has 0 aliphatic heterocycles. The molecule has 0 saturated carbocycles. The third kappa shape index (κ3) is 19.7. The predicted octanol–water partition coefficient (Wildman–Crippen LogP) is 8.49. The van der Waals surface area contributed by atoms with Crippen LogP contribution in [0.4, 0.5) is 0 Å². The van der Waals surface area contributed by atoms with E-state index < -0.39 is 0 Å². The number of unbranched alkanes of at least 4 members (excludes halogenated alkanes) is 16. The molecular formula is C24H49N. The first-order valence-electron chi connectivity index (χ1n) is 11.7. The molecule has 0 heterocycles. The lowest BCUT2D eigenvalue weighted by molar-refractivity contribution is 0.350. The van der Waals surface area contributed by atoms with Crippen molar-refractivity contribution < 1.29 is 0 Å². The largest absolute Gasteiger partial charge is 0.378 e. The quantitative estimate of drug-likeness (QED) is 0.187. The summed E-state index contributed by atoms with van der Waals surface area (Å²) in [7, 11) is 0. The second-order valence-electron chi connectivity index (χ2n) is 7.88. The van der Waals surface area contributed by atoms with Crippen LogP contribution in [0.25, 0.3) is 0 Å².